The van der Waals surface area contributed by atoms with Gasteiger partial charge in [-0.2, -0.15) is 0 Å². The van der Waals surface area contributed by atoms with Crippen molar-refractivity contribution in [2.24, 2.45) is 5.92 Å². The van der Waals surface area contributed by atoms with Crippen LogP contribution in [0.5, 0.6) is 0 Å². The average molecular weight is 330 g/mol. The van der Waals surface area contributed by atoms with Crippen LogP contribution >= 0.6 is 0 Å². The number of rotatable bonds is 6. The second-order valence-electron chi connectivity index (χ2n) is 7.36. The van der Waals surface area contributed by atoms with Gasteiger partial charge in [-0.05, 0) is 57.7 Å². The van der Waals surface area contributed by atoms with E-state index in [0.717, 1.165) is 50.4 Å². The van der Waals surface area contributed by atoms with Crippen LogP contribution in [-0.2, 0) is 4.79 Å². The average Bonchev–Trinajstić information content (AvgIpc) is 3.24. The quantitative estimate of drug-likeness (QED) is 0.842. The molecule has 1 aliphatic heterocycles. The van der Waals surface area contributed by atoms with E-state index < -0.39 is 0 Å². The number of aromatic nitrogens is 1. The van der Waals surface area contributed by atoms with E-state index >= 15 is 0 Å². The molecule has 24 heavy (non-hydrogen) atoms. The third kappa shape index (κ3) is 4.47. The van der Waals surface area contributed by atoms with Gasteiger partial charge in [0.25, 0.3) is 0 Å². The van der Waals surface area contributed by atoms with Gasteiger partial charge in [0.05, 0.1) is 6.04 Å². The Morgan fingerprint density at radius 2 is 2.12 bits per heavy atom. The topological polar surface area (TPSA) is 57.3 Å². The highest BCUT2D eigenvalue weighted by atomic mass is 16.2. The monoisotopic (exact) mass is 330 g/mol. The normalized spacial score (nSPS) is 23.3. The molecule has 132 valence electrons. The summed E-state index contributed by atoms with van der Waals surface area (Å²) < 4.78 is 0. The van der Waals surface area contributed by atoms with E-state index in [1.807, 2.05) is 32.0 Å². The fourth-order valence-corrected chi connectivity index (χ4v) is 3.83. The molecule has 2 atom stereocenters. The van der Waals surface area contributed by atoms with Crippen LogP contribution < -0.4 is 10.6 Å². The number of anilines is 1. The Morgan fingerprint density at radius 1 is 1.33 bits per heavy atom. The van der Waals surface area contributed by atoms with Crippen LogP contribution in [0.25, 0.3) is 0 Å². The van der Waals surface area contributed by atoms with E-state index in [0.29, 0.717) is 12.0 Å². The molecule has 5 nitrogen and oxygen atoms in total. The first-order valence-electron chi connectivity index (χ1n) is 9.34. The molecule has 3 rings (SSSR count). The standard InChI is InChI=1S/C19H30N4O/c1-14-6-5-9-18(21-14)20-12-16-10-11-23(13-16)15(2)19(24)22-17-7-3-4-8-17/h5-6,9,15-17H,3-4,7-8,10-13H2,1-2H3,(H,20,21)(H,22,24)/t15-,16-/m0/s1. The molecule has 2 heterocycles. The van der Waals surface area contributed by atoms with Crippen LogP contribution in [0.15, 0.2) is 18.2 Å². The summed E-state index contributed by atoms with van der Waals surface area (Å²) in [6.45, 7) is 6.96. The molecule has 0 spiro atoms. The van der Waals surface area contributed by atoms with Crippen LogP contribution in [0.2, 0.25) is 0 Å². The molecular formula is C19H30N4O. The van der Waals surface area contributed by atoms with Crippen LogP contribution in [0.4, 0.5) is 5.82 Å². The Kier molecular flexibility index (Phi) is 5.72. The lowest BCUT2D eigenvalue weighted by atomic mass is 10.1. The van der Waals surface area contributed by atoms with Crippen molar-refractivity contribution in [1.82, 2.24) is 15.2 Å². The Balaban J connectivity index is 1.43. The number of amides is 1. The van der Waals surface area contributed by atoms with Crippen molar-refractivity contribution >= 4 is 11.7 Å². The molecule has 1 aromatic heterocycles. The van der Waals surface area contributed by atoms with Gasteiger partial charge in [-0.15, -0.1) is 0 Å². The van der Waals surface area contributed by atoms with Crippen molar-refractivity contribution in [2.45, 2.75) is 58.0 Å². The third-order valence-electron chi connectivity index (χ3n) is 5.41. The number of aryl methyl sites for hydroxylation is 1. The van der Waals surface area contributed by atoms with Crippen molar-refractivity contribution < 1.29 is 4.79 Å². The molecule has 0 unspecified atom stereocenters. The smallest absolute Gasteiger partial charge is 0.237 e. The maximum absolute atomic E-state index is 12.4. The molecule has 1 aliphatic carbocycles. The second-order valence-corrected chi connectivity index (χ2v) is 7.36. The predicted octanol–water partition coefficient (Wildman–Crippen LogP) is 2.57. The maximum atomic E-state index is 12.4. The number of nitrogens with one attached hydrogen (secondary N) is 2. The molecule has 1 saturated heterocycles. The summed E-state index contributed by atoms with van der Waals surface area (Å²) in [4.78, 5) is 19.2. The largest absolute Gasteiger partial charge is 0.370 e. The van der Waals surface area contributed by atoms with Gasteiger partial charge in [0.2, 0.25) is 5.91 Å². The highest BCUT2D eigenvalue weighted by Crippen LogP contribution is 2.21. The van der Waals surface area contributed by atoms with E-state index in [9.17, 15) is 4.79 Å². The molecule has 0 bridgehead atoms. The van der Waals surface area contributed by atoms with Crippen molar-refractivity contribution in [3.63, 3.8) is 0 Å². The maximum Gasteiger partial charge on any atom is 0.237 e. The molecule has 2 aliphatic rings. The van der Waals surface area contributed by atoms with Crippen LogP contribution in [0, 0.1) is 12.8 Å². The van der Waals surface area contributed by atoms with Crippen molar-refractivity contribution in [1.29, 1.82) is 0 Å². The minimum Gasteiger partial charge on any atom is -0.370 e. The molecule has 0 aromatic carbocycles. The summed E-state index contributed by atoms with van der Waals surface area (Å²) in [5.74, 6) is 1.73. The third-order valence-corrected chi connectivity index (χ3v) is 5.41. The lowest BCUT2D eigenvalue weighted by Crippen LogP contribution is -2.47. The van der Waals surface area contributed by atoms with Crippen LogP contribution in [0.3, 0.4) is 0 Å². The van der Waals surface area contributed by atoms with Gasteiger partial charge in [0, 0.05) is 24.8 Å². The van der Waals surface area contributed by atoms with Crippen molar-refractivity contribution in [2.75, 3.05) is 25.0 Å². The Hall–Kier alpha value is -1.62. The number of carbonyl (C=O) groups excluding carboxylic acids is 1. The predicted molar refractivity (Wildman–Crippen MR) is 97.0 cm³/mol. The first-order chi connectivity index (χ1) is 11.6. The van der Waals surface area contributed by atoms with E-state index in [-0.39, 0.29) is 11.9 Å². The number of nitrogens with zero attached hydrogens (tertiary/aromatic N) is 2. The first kappa shape index (κ1) is 17.2. The van der Waals surface area contributed by atoms with Gasteiger partial charge >= 0.3 is 0 Å². The summed E-state index contributed by atoms with van der Waals surface area (Å²) in [5.41, 5.74) is 1.03. The zero-order valence-electron chi connectivity index (χ0n) is 14.9. The van der Waals surface area contributed by atoms with Crippen LogP contribution in [0.1, 0.15) is 44.7 Å². The van der Waals surface area contributed by atoms with Gasteiger partial charge in [-0.3, -0.25) is 9.69 Å². The van der Waals surface area contributed by atoms with E-state index in [1.165, 1.54) is 12.8 Å². The van der Waals surface area contributed by atoms with Gasteiger partial charge in [-0.1, -0.05) is 18.9 Å². The van der Waals surface area contributed by atoms with Gasteiger partial charge in [-0.25, -0.2) is 4.98 Å². The van der Waals surface area contributed by atoms with Gasteiger partial charge in [0.15, 0.2) is 0 Å². The zero-order chi connectivity index (χ0) is 16.9. The molecule has 1 saturated carbocycles. The summed E-state index contributed by atoms with van der Waals surface area (Å²) in [7, 11) is 0. The van der Waals surface area contributed by atoms with Crippen LogP contribution in [-0.4, -0.2) is 47.5 Å². The summed E-state index contributed by atoms with van der Waals surface area (Å²) in [5, 5.41) is 6.66. The van der Waals surface area contributed by atoms with Gasteiger partial charge < -0.3 is 10.6 Å². The molecule has 1 aromatic rings. The Labute approximate surface area is 145 Å². The Bertz CT molecular complexity index is 556. The first-order valence-corrected chi connectivity index (χ1v) is 9.34. The molecule has 2 N–H and O–H groups in total. The summed E-state index contributed by atoms with van der Waals surface area (Å²) in [6.07, 6.45) is 5.94. The fraction of sp³-hybridized carbons (Fsp3) is 0.684. The fourth-order valence-electron chi connectivity index (χ4n) is 3.83. The summed E-state index contributed by atoms with van der Waals surface area (Å²) in [6, 6.07) is 6.44. The minimum atomic E-state index is -0.0207. The molecular weight excluding hydrogens is 300 g/mol. The molecule has 1 amide bonds. The number of carbonyl (C=O) groups is 1. The van der Waals surface area contributed by atoms with E-state index in [1.54, 1.807) is 0 Å². The number of pyridine rings is 1. The van der Waals surface area contributed by atoms with Crippen molar-refractivity contribution in [3.05, 3.63) is 23.9 Å². The molecule has 5 heteroatoms. The van der Waals surface area contributed by atoms with Gasteiger partial charge in [0.1, 0.15) is 5.82 Å². The van der Waals surface area contributed by atoms with E-state index in [4.69, 9.17) is 0 Å². The number of hydrogen-bond donors (Lipinski definition) is 2. The zero-order valence-corrected chi connectivity index (χ0v) is 14.9. The minimum absolute atomic E-state index is 0.0207. The molecule has 0 radical (unpaired) electrons. The Morgan fingerprint density at radius 3 is 2.88 bits per heavy atom. The van der Waals surface area contributed by atoms with E-state index in [2.05, 4.69) is 20.5 Å². The lowest BCUT2D eigenvalue weighted by Gasteiger charge is -2.25. The SMILES string of the molecule is Cc1cccc(NC[C@@H]2CCN([C@@H](C)C(=O)NC3CCCC3)C2)n1. The number of hydrogen-bond acceptors (Lipinski definition) is 4. The highest BCUT2D eigenvalue weighted by Gasteiger charge is 2.30. The molecule has 2 fully saturated rings. The lowest BCUT2D eigenvalue weighted by molar-refractivity contribution is -0.126. The summed E-state index contributed by atoms with van der Waals surface area (Å²) >= 11 is 0. The van der Waals surface area contributed by atoms with Crippen molar-refractivity contribution in [3.8, 4) is 0 Å². The number of likely N-dealkylation sites (tertiary alicyclic amines) is 1. The highest BCUT2D eigenvalue weighted by molar-refractivity contribution is 5.81. The second kappa shape index (κ2) is 7.97.